The van der Waals surface area contributed by atoms with Crippen LogP contribution in [0.15, 0.2) is 0 Å². The normalized spacial score (nSPS) is 12.7. The topological polar surface area (TPSA) is 84.2 Å². The molecule has 3 amide bonds. The first kappa shape index (κ1) is 10.9. The van der Waals surface area contributed by atoms with Crippen LogP contribution in [0.3, 0.4) is 0 Å². The lowest BCUT2D eigenvalue weighted by molar-refractivity contribution is -0.121. The van der Waals surface area contributed by atoms with Crippen molar-refractivity contribution in [2.75, 3.05) is 0 Å². The number of urea groups is 1. The maximum atomic E-state index is 11.0. The highest BCUT2D eigenvalue weighted by Gasteiger charge is 2.14. The van der Waals surface area contributed by atoms with E-state index < -0.39 is 18.0 Å². The molecule has 1 unspecified atom stereocenters. The molecule has 0 aliphatic carbocycles. The number of nitrogens with one attached hydrogen (secondary N) is 2. The Balaban J connectivity index is 3.85. The number of imide groups is 1. The summed E-state index contributed by atoms with van der Waals surface area (Å²) in [6.45, 7) is 5.49. The molecule has 0 heterocycles. The van der Waals surface area contributed by atoms with Crippen molar-refractivity contribution in [1.29, 1.82) is 0 Å². The van der Waals surface area contributed by atoms with Crippen LogP contribution in [0.1, 0.15) is 20.8 Å². The van der Waals surface area contributed by atoms with Crippen molar-refractivity contribution in [2.45, 2.75) is 32.9 Å². The average molecular weight is 173 g/mol. The zero-order valence-electron chi connectivity index (χ0n) is 7.55. The lowest BCUT2D eigenvalue weighted by Crippen LogP contribution is -2.48. The second-order valence-electron chi connectivity index (χ2n) is 2.90. The minimum absolute atomic E-state index is 0.193. The van der Waals surface area contributed by atoms with Crippen LogP contribution >= 0.6 is 0 Å². The summed E-state index contributed by atoms with van der Waals surface area (Å²) in [4.78, 5) is 21.3. The van der Waals surface area contributed by atoms with E-state index in [2.05, 4.69) is 5.32 Å². The summed E-state index contributed by atoms with van der Waals surface area (Å²) in [6.07, 6.45) is 0. The third-order valence-electron chi connectivity index (χ3n) is 1.22. The molecule has 0 aliphatic rings. The Morgan fingerprint density at radius 1 is 1.25 bits per heavy atom. The summed E-state index contributed by atoms with van der Waals surface area (Å²) in [6, 6.07) is -1.03. The molecule has 0 aromatic heterocycles. The van der Waals surface area contributed by atoms with Gasteiger partial charge in [-0.05, 0) is 6.92 Å². The van der Waals surface area contributed by atoms with Crippen LogP contribution in [-0.4, -0.2) is 24.0 Å². The molecule has 4 N–H and O–H groups in total. The van der Waals surface area contributed by atoms with E-state index in [1.807, 2.05) is 19.2 Å². The number of rotatable bonds is 3. The van der Waals surface area contributed by atoms with Crippen LogP contribution in [0.25, 0.3) is 0 Å². The molecule has 70 valence electrons. The fourth-order valence-electron chi connectivity index (χ4n) is 0.805. The Morgan fingerprint density at radius 3 is 2.08 bits per heavy atom. The van der Waals surface area contributed by atoms with Crippen LogP contribution in [0, 0.1) is 0 Å². The lowest BCUT2D eigenvalue weighted by atomic mass is 10.2. The molecule has 0 rings (SSSR count). The molecule has 0 aromatic rings. The zero-order chi connectivity index (χ0) is 9.72. The number of nitrogens with two attached hydrogens (primary N) is 1. The number of primary amides is 1. The van der Waals surface area contributed by atoms with Crippen molar-refractivity contribution in [3.63, 3.8) is 0 Å². The summed E-state index contributed by atoms with van der Waals surface area (Å²) in [7, 11) is 0. The molecule has 5 heteroatoms. The van der Waals surface area contributed by atoms with E-state index in [4.69, 9.17) is 5.73 Å². The van der Waals surface area contributed by atoms with Gasteiger partial charge in [-0.3, -0.25) is 10.1 Å². The van der Waals surface area contributed by atoms with E-state index in [0.29, 0.717) is 0 Å². The van der Waals surface area contributed by atoms with Gasteiger partial charge < -0.3 is 11.1 Å². The fourth-order valence-corrected chi connectivity index (χ4v) is 0.805. The molecule has 0 bridgehead atoms. The van der Waals surface area contributed by atoms with E-state index in [1.54, 1.807) is 6.92 Å². The maximum Gasteiger partial charge on any atom is 0.318 e. The van der Waals surface area contributed by atoms with Gasteiger partial charge in [0.1, 0.15) is 0 Å². The Hall–Kier alpha value is -1.10. The van der Waals surface area contributed by atoms with Gasteiger partial charge in [-0.1, -0.05) is 13.8 Å². The highest BCUT2D eigenvalue weighted by atomic mass is 16.2. The molecule has 1 atom stereocenters. The monoisotopic (exact) mass is 173 g/mol. The second-order valence-corrected chi connectivity index (χ2v) is 2.90. The Bertz CT molecular complexity index is 179. The van der Waals surface area contributed by atoms with Gasteiger partial charge >= 0.3 is 6.03 Å². The molecule has 0 spiro atoms. The zero-order valence-corrected chi connectivity index (χ0v) is 7.55. The van der Waals surface area contributed by atoms with Gasteiger partial charge in [-0.2, -0.15) is 0 Å². The van der Waals surface area contributed by atoms with E-state index in [9.17, 15) is 9.59 Å². The third-order valence-corrected chi connectivity index (χ3v) is 1.22. The first-order valence-electron chi connectivity index (χ1n) is 3.79. The quantitative estimate of drug-likeness (QED) is 0.541. The smallest absolute Gasteiger partial charge is 0.318 e. The molecular formula is C7H15N3O2. The number of hydrogen-bond donors (Lipinski definition) is 3. The molecule has 0 saturated carbocycles. The number of carbonyl (C=O) groups excluding carboxylic acids is 2. The van der Waals surface area contributed by atoms with Gasteiger partial charge in [-0.25, -0.2) is 4.79 Å². The molecule has 5 nitrogen and oxygen atoms in total. The molecule has 0 aliphatic heterocycles. The van der Waals surface area contributed by atoms with Crippen LogP contribution in [0.5, 0.6) is 0 Å². The molecule has 0 aromatic carbocycles. The number of carbonyl (C=O) groups is 2. The Kier molecular flexibility index (Phi) is 4.28. The predicted octanol–water partition coefficient (Wildman–Crippen LogP) is -0.432. The second kappa shape index (κ2) is 4.71. The van der Waals surface area contributed by atoms with E-state index in [1.165, 1.54) is 0 Å². The summed E-state index contributed by atoms with van der Waals surface area (Å²) >= 11 is 0. The van der Waals surface area contributed by atoms with Crippen molar-refractivity contribution in [2.24, 2.45) is 5.73 Å². The number of hydrogen-bond acceptors (Lipinski definition) is 3. The molecule has 0 radical (unpaired) electrons. The lowest BCUT2D eigenvalue weighted by Gasteiger charge is -2.14. The van der Waals surface area contributed by atoms with Gasteiger partial charge in [0.15, 0.2) is 0 Å². The molecule has 0 fully saturated rings. The average Bonchev–Trinajstić information content (AvgIpc) is 1.84. The standard InChI is InChI=1S/C7H15N3O2/c1-4(2)9-5(3)6(11)10-7(8)12/h4-5,9H,1-3H3,(H3,8,10,11,12). The third kappa shape index (κ3) is 4.68. The SMILES string of the molecule is CC(C)NC(C)C(=O)NC(N)=O. The summed E-state index contributed by atoms with van der Waals surface area (Å²) in [5.41, 5.74) is 4.76. The van der Waals surface area contributed by atoms with Gasteiger partial charge in [0.2, 0.25) is 5.91 Å². The predicted molar refractivity (Wildman–Crippen MR) is 45.5 cm³/mol. The molecule has 0 saturated heterocycles. The van der Waals surface area contributed by atoms with E-state index >= 15 is 0 Å². The van der Waals surface area contributed by atoms with Crippen molar-refractivity contribution < 1.29 is 9.59 Å². The Morgan fingerprint density at radius 2 is 1.75 bits per heavy atom. The summed E-state index contributed by atoms with van der Waals surface area (Å²) < 4.78 is 0. The minimum Gasteiger partial charge on any atom is -0.351 e. The number of amides is 3. The van der Waals surface area contributed by atoms with Crippen molar-refractivity contribution in [3.8, 4) is 0 Å². The van der Waals surface area contributed by atoms with Crippen molar-refractivity contribution in [3.05, 3.63) is 0 Å². The van der Waals surface area contributed by atoms with Crippen molar-refractivity contribution in [1.82, 2.24) is 10.6 Å². The first-order chi connectivity index (χ1) is 5.43. The van der Waals surface area contributed by atoms with Crippen LogP contribution < -0.4 is 16.4 Å². The van der Waals surface area contributed by atoms with Gasteiger partial charge in [0, 0.05) is 6.04 Å². The largest absolute Gasteiger partial charge is 0.351 e. The Labute approximate surface area is 71.7 Å². The first-order valence-corrected chi connectivity index (χ1v) is 3.79. The highest BCUT2D eigenvalue weighted by molar-refractivity contribution is 5.96. The fraction of sp³-hybridized carbons (Fsp3) is 0.714. The van der Waals surface area contributed by atoms with Crippen LogP contribution in [0.2, 0.25) is 0 Å². The van der Waals surface area contributed by atoms with Gasteiger partial charge in [-0.15, -0.1) is 0 Å². The van der Waals surface area contributed by atoms with Gasteiger partial charge in [0.05, 0.1) is 6.04 Å². The van der Waals surface area contributed by atoms with E-state index in [-0.39, 0.29) is 6.04 Å². The summed E-state index contributed by atoms with van der Waals surface area (Å²) in [5.74, 6) is -0.406. The van der Waals surface area contributed by atoms with Crippen LogP contribution in [0.4, 0.5) is 4.79 Å². The van der Waals surface area contributed by atoms with E-state index in [0.717, 1.165) is 0 Å². The van der Waals surface area contributed by atoms with Crippen molar-refractivity contribution >= 4 is 11.9 Å². The summed E-state index contributed by atoms with van der Waals surface area (Å²) in [5, 5.41) is 4.91. The highest BCUT2D eigenvalue weighted by Crippen LogP contribution is 1.85. The van der Waals surface area contributed by atoms with Gasteiger partial charge in [0.25, 0.3) is 0 Å². The maximum absolute atomic E-state index is 11.0. The molecule has 12 heavy (non-hydrogen) atoms. The molecular weight excluding hydrogens is 158 g/mol. The minimum atomic E-state index is -0.822. The van der Waals surface area contributed by atoms with Crippen LogP contribution in [-0.2, 0) is 4.79 Å².